The predicted molar refractivity (Wildman–Crippen MR) is 230 cm³/mol. The summed E-state index contributed by atoms with van der Waals surface area (Å²) in [6, 6.07) is 32.1. The lowest BCUT2D eigenvalue weighted by Gasteiger charge is -2.21. The largest absolute Gasteiger partial charge is 0.399 e. The van der Waals surface area contributed by atoms with Crippen LogP contribution in [0, 0.1) is 13.8 Å². The molecule has 2 heteroatoms. The number of aryl methyl sites for hydroxylation is 4. The number of hydrogen-bond donors (Lipinski definition) is 2. The van der Waals surface area contributed by atoms with Crippen LogP contribution in [0.25, 0.3) is 0 Å². The van der Waals surface area contributed by atoms with Crippen molar-refractivity contribution in [2.75, 3.05) is 11.5 Å². The topological polar surface area (TPSA) is 52.0 Å². The second-order valence-electron chi connectivity index (χ2n) is 15.8. The molecule has 4 N–H and O–H groups in total. The van der Waals surface area contributed by atoms with Crippen molar-refractivity contribution in [2.45, 2.75) is 168 Å². The third-order valence-corrected chi connectivity index (χ3v) is 11.5. The highest BCUT2D eigenvalue weighted by atomic mass is 14.5. The minimum absolute atomic E-state index is 0.458. The van der Waals surface area contributed by atoms with Crippen LogP contribution in [-0.4, -0.2) is 0 Å². The van der Waals surface area contributed by atoms with Crippen LogP contribution in [-0.2, 0) is 12.8 Å². The monoisotopic (exact) mass is 701 g/mol. The van der Waals surface area contributed by atoms with Crippen LogP contribution < -0.4 is 11.5 Å². The smallest absolute Gasteiger partial charge is 0.0316 e. The van der Waals surface area contributed by atoms with Gasteiger partial charge in [0.15, 0.2) is 0 Å². The number of anilines is 2. The molecule has 0 amide bonds. The molecule has 0 aromatic heterocycles. The Balaban J connectivity index is 1.12. The molecule has 0 bridgehead atoms. The Morgan fingerprint density at radius 2 is 0.750 bits per heavy atom. The maximum absolute atomic E-state index is 6.09. The van der Waals surface area contributed by atoms with E-state index in [-0.39, 0.29) is 0 Å². The second-order valence-corrected chi connectivity index (χ2v) is 15.8. The van der Waals surface area contributed by atoms with Crippen molar-refractivity contribution in [1.29, 1.82) is 0 Å². The van der Waals surface area contributed by atoms with E-state index in [2.05, 4.69) is 113 Å². The van der Waals surface area contributed by atoms with Crippen LogP contribution >= 0.6 is 0 Å². The molecule has 2 atom stereocenters. The Kier molecular flexibility index (Phi) is 18.4. The maximum atomic E-state index is 6.09. The third-order valence-electron chi connectivity index (χ3n) is 11.5. The fourth-order valence-corrected chi connectivity index (χ4v) is 8.29. The molecule has 4 aromatic rings. The molecule has 0 heterocycles. The first-order valence-electron chi connectivity index (χ1n) is 21.3. The molecular formula is C50H72N2. The zero-order valence-corrected chi connectivity index (χ0v) is 33.5. The summed E-state index contributed by atoms with van der Waals surface area (Å²) in [4.78, 5) is 0. The van der Waals surface area contributed by atoms with Gasteiger partial charge in [-0.25, -0.2) is 0 Å². The Labute approximate surface area is 319 Å². The van der Waals surface area contributed by atoms with Gasteiger partial charge in [-0.15, -0.1) is 0 Å². The minimum atomic E-state index is 0.458. The summed E-state index contributed by atoms with van der Waals surface area (Å²) in [5, 5.41) is 0. The standard InChI is InChI=1S/C50H72N2/c1-5-7-9-19-23-49(47-35-33-45(51)37-39(47)3)43-29-25-41(26-30-43)21-17-15-13-11-12-14-16-18-22-42-27-31-44(32-28-42)50(24-20-10-8-6-2)48-36-34-46(52)38-40(48)4/h25-38,49-50H,5-24,51-52H2,1-4H3. The lowest BCUT2D eigenvalue weighted by molar-refractivity contribution is 0.567. The van der Waals surface area contributed by atoms with Gasteiger partial charge in [-0.2, -0.15) is 0 Å². The lowest BCUT2D eigenvalue weighted by Crippen LogP contribution is -2.05. The Bertz CT molecular complexity index is 1430. The lowest BCUT2D eigenvalue weighted by atomic mass is 9.84. The molecule has 52 heavy (non-hydrogen) atoms. The molecule has 0 saturated carbocycles. The average molecular weight is 701 g/mol. The zero-order chi connectivity index (χ0) is 37.0. The van der Waals surface area contributed by atoms with Crippen molar-refractivity contribution in [3.8, 4) is 0 Å². The van der Waals surface area contributed by atoms with Crippen molar-refractivity contribution in [1.82, 2.24) is 0 Å². The van der Waals surface area contributed by atoms with E-state index < -0.39 is 0 Å². The third kappa shape index (κ3) is 13.8. The van der Waals surface area contributed by atoms with Crippen LogP contribution in [0.5, 0.6) is 0 Å². The van der Waals surface area contributed by atoms with E-state index >= 15 is 0 Å². The van der Waals surface area contributed by atoms with Crippen molar-refractivity contribution < 1.29 is 0 Å². The van der Waals surface area contributed by atoms with E-state index in [0.29, 0.717) is 11.8 Å². The molecular weight excluding hydrogens is 629 g/mol. The summed E-state index contributed by atoms with van der Waals surface area (Å²) >= 11 is 0. The minimum Gasteiger partial charge on any atom is -0.399 e. The van der Waals surface area contributed by atoms with E-state index in [1.165, 1.54) is 173 Å². The molecule has 4 aromatic carbocycles. The Morgan fingerprint density at radius 3 is 1.10 bits per heavy atom. The van der Waals surface area contributed by atoms with E-state index in [9.17, 15) is 0 Å². The van der Waals surface area contributed by atoms with Crippen molar-refractivity contribution in [2.24, 2.45) is 0 Å². The number of benzene rings is 4. The highest BCUT2D eigenvalue weighted by molar-refractivity contribution is 5.49. The van der Waals surface area contributed by atoms with Gasteiger partial charge in [0.2, 0.25) is 0 Å². The normalized spacial score (nSPS) is 12.6. The molecule has 282 valence electrons. The molecule has 4 rings (SSSR count). The first kappa shape index (κ1) is 41.2. The van der Waals surface area contributed by atoms with Crippen molar-refractivity contribution >= 4 is 11.4 Å². The molecule has 0 aliphatic heterocycles. The van der Waals surface area contributed by atoms with Gasteiger partial charge in [-0.1, -0.05) is 164 Å². The quantitative estimate of drug-likeness (QED) is 0.0534. The summed E-state index contributed by atoms with van der Waals surface area (Å²) in [6.07, 6.45) is 26.0. The molecule has 0 fully saturated rings. The first-order valence-corrected chi connectivity index (χ1v) is 21.3. The van der Waals surface area contributed by atoms with Gasteiger partial charge in [0.25, 0.3) is 0 Å². The van der Waals surface area contributed by atoms with E-state index in [1.54, 1.807) is 0 Å². The number of nitrogen functional groups attached to an aromatic ring is 2. The molecule has 0 radical (unpaired) electrons. The number of rotatable bonds is 25. The van der Waals surface area contributed by atoms with Crippen LogP contribution in [0.4, 0.5) is 11.4 Å². The highest BCUT2D eigenvalue weighted by Crippen LogP contribution is 2.35. The SMILES string of the molecule is CCCCCCC(c1ccc(CCCCCCCCCCc2ccc(C(CCCCCC)c3ccc(N)cc3C)cc2)cc1)c1ccc(N)cc1C. The Morgan fingerprint density at radius 1 is 0.404 bits per heavy atom. The Hall–Kier alpha value is -3.52. The highest BCUT2D eigenvalue weighted by Gasteiger charge is 2.18. The molecule has 0 saturated heterocycles. The van der Waals surface area contributed by atoms with Crippen LogP contribution in [0.15, 0.2) is 84.9 Å². The van der Waals surface area contributed by atoms with Gasteiger partial charge in [0.1, 0.15) is 0 Å². The first-order chi connectivity index (χ1) is 25.4. The van der Waals surface area contributed by atoms with Crippen molar-refractivity contribution in [3.05, 3.63) is 129 Å². The number of hydrogen-bond acceptors (Lipinski definition) is 2. The average Bonchev–Trinajstić information content (AvgIpc) is 3.14. The predicted octanol–water partition coefficient (Wildman–Crippen LogP) is 14.6. The van der Waals surface area contributed by atoms with Crippen LogP contribution in [0.2, 0.25) is 0 Å². The van der Waals surface area contributed by atoms with Crippen LogP contribution in [0.1, 0.15) is 186 Å². The summed E-state index contributed by atoms with van der Waals surface area (Å²) in [6.45, 7) is 9.01. The fourth-order valence-electron chi connectivity index (χ4n) is 8.29. The summed E-state index contributed by atoms with van der Waals surface area (Å²) in [7, 11) is 0. The molecule has 0 spiro atoms. The van der Waals surface area contributed by atoms with E-state index in [4.69, 9.17) is 11.5 Å². The molecule has 2 nitrogen and oxygen atoms in total. The maximum Gasteiger partial charge on any atom is 0.0316 e. The number of unbranched alkanes of at least 4 members (excludes halogenated alkanes) is 13. The van der Waals surface area contributed by atoms with Gasteiger partial charge in [0, 0.05) is 23.2 Å². The van der Waals surface area contributed by atoms with Gasteiger partial charge < -0.3 is 11.5 Å². The number of nitrogens with two attached hydrogens (primary N) is 2. The van der Waals surface area contributed by atoms with Crippen LogP contribution in [0.3, 0.4) is 0 Å². The summed E-state index contributed by atoms with van der Waals surface area (Å²) < 4.78 is 0. The van der Waals surface area contributed by atoms with Gasteiger partial charge >= 0.3 is 0 Å². The van der Waals surface area contributed by atoms with Gasteiger partial charge in [0.05, 0.1) is 0 Å². The van der Waals surface area contributed by atoms with Gasteiger partial charge in [-0.3, -0.25) is 0 Å². The molecule has 2 unspecified atom stereocenters. The summed E-state index contributed by atoms with van der Waals surface area (Å²) in [5.74, 6) is 0.917. The summed E-state index contributed by atoms with van der Waals surface area (Å²) in [5.41, 5.74) is 25.3. The zero-order valence-electron chi connectivity index (χ0n) is 33.5. The fraction of sp³-hybridized carbons (Fsp3) is 0.520. The van der Waals surface area contributed by atoms with Gasteiger partial charge in [-0.05, 0) is 121 Å². The molecule has 0 aliphatic carbocycles. The second kappa shape index (κ2) is 23.2. The molecule has 0 aliphatic rings. The van der Waals surface area contributed by atoms with E-state index in [1.807, 2.05) is 0 Å². The van der Waals surface area contributed by atoms with Crippen molar-refractivity contribution in [3.63, 3.8) is 0 Å². The van der Waals surface area contributed by atoms with E-state index in [0.717, 1.165) is 11.4 Å².